The van der Waals surface area contributed by atoms with Crippen molar-refractivity contribution in [1.82, 2.24) is 9.88 Å². The van der Waals surface area contributed by atoms with Crippen LogP contribution >= 0.6 is 0 Å². The molecule has 1 unspecified atom stereocenters. The van der Waals surface area contributed by atoms with Crippen molar-refractivity contribution in [3.05, 3.63) is 100 Å². The lowest BCUT2D eigenvalue weighted by molar-refractivity contribution is -0.0508. The van der Waals surface area contributed by atoms with Gasteiger partial charge in [-0.3, -0.25) is 0 Å². The molecule has 4 aliphatic rings. The Bertz CT molecular complexity index is 1650. The number of ether oxygens (including phenoxy) is 1. The molecule has 192 valence electrons. The van der Waals surface area contributed by atoms with Crippen LogP contribution in [0.5, 0.6) is 11.5 Å². The number of aromatic hydroxyl groups is 1. The molecular formula is C34H34N2O2. The average Bonchev–Trinajstić information content (AvgIpc) is 3.41. The van der Waals surface area contributed by atoms with Crippen LogP contribution in [0.4, 0.5) is 0 Å². The molecule has 2 heterocycles. The molecule has 4 atom stereocenters. The number of nitrogens with zero attached hydrogens (tertiary/aromatic N) is 1. The minimum Gasteiger partial charge on any atom is -0.504 e. The lowest BCUT2D eigenvalue weighted by Gasteiger charge is -2.64. The highest BCUT2D eigenvalue weighted by Crippen LogP contribution is 2.76. The molecule has 0 spiro atoms. The van der Waals surface area contributed by atoms with Gasteiger partial charge in [-0.25, -0.2) is 0 Å². The minimum absolute atomic E-state index is 0.00481. The van der Waals surface area contributed by atoms with E-state index in [1.54, 1.807) is 7.11 Å². The monoisotopic (exact) mass is 502 g/mol. The summed E-state index contributed by atoms with van der Waals surface area (Å²) in [6.45, 7) is 3.36. The number of likely N-dealkylation sites (tertiary alicyclic amines) is 1. The number of piperidine rings is 1. The van der Waals surface area contributed by atoms with Crippen LogP contribution in [0.2, 0.25) is 0 Å². The molecular weight excluding hydrogens is 468 g/mol. The predicted octanol–water partition coefficient (Wildman–Crippen LogP) is 6.58. The Morgan fingerprint density at radius 1 is 1.03 bits per heavy atom. The molecule has 3 aliphatic carbocycles. The summed E-state index contributed by atoms with van der Waals surface area (Å²) in [6.07, 6.45) is 4.08. The standard InChI is InChI=1S/C34H34N2O2/c1-20(21-9-5-4-6-10-21)24-18-33-19-25-23-11-7-8-12-26(23)35-31(25)30(24)34(33)15-16-36(2)28(33)17-22-13-14-27(38-3)32(37)29(22)34/h4-14,28,30,35,37H,15-19H2,1-3H3/b24-20+/t28?,30-,33+,34+/m1/s1. The second-order valence-corrected chi connectivity index (χ2v) is 12.1. The van der Waals surface area contributed by atoms with Gasteiger partial charge in [0.1, 0.15) is 0 Å². The van der Waals surface area contributed by atoms with Crippen molar-refractivity contribution in [2.75, 3.05) is 20.7 Å². The predicted molar refractivity (Wildman–Crippen MR) is 152 cm³/mol. The van der Waals surface area contributed by atoms with Crippen molar-refractivity contribution in [3.63, 3.8) is 0 Å². The van der Waals surface area contributed by atoms with E-state index in [9.17, 15) is 5.11 Å². The number of phenols is 1. The first kappa shape index (κ1) is 22.5. The molecule has 1 aromatic heterocycles. The number of aromatic amines is 1. The van der Waals surface area contributed by atoms with Gasteiger partial charge in [0.15, 0.2) is 11.5 Å². The number of likely N-dealkylation sites (N-methyl/N-ethyl adjacent to an activating group) is 1. The lowest BCUT2D eigenvalue weighted by Crippen LogP contribution is -2.67. The molecule has 2 fully saturated rings. The van der Waals surface area contributed by atoms with Crippen molar-refractivity contribution >= 4 is 16.5 Å². The van der Waals surface area contributed by atoms with Crippen LogP contribution in [0.3, 0.4) is 0 Å². The number of nitrogens with one attached hydrogen (secondary N) is 1. The van der Waals surface area contributed by atoms with Crippen LogP contribution in [-0.4, -0.2) is 41.7 Å². The van der Waals surface area contributed by atoms with Crippen molar-refractivity contribution in [2.45, 2.75) is 50.0 Å². The third-order valence-corrected chi connectivity index (χ3v) is 10.9. The van der Waals surface area contributed by atoms with Gasteiger partial charge in [0, 0.05) is 45.0 Å². The van der Waals surface area contributed by atoms with E-state index in [1.807, 2.05) is 6.07 Å². The summed E-state index contributed by atoms with van der Waals surface area (Å²) in [7, 11) is 3.99. The highest BCUT2D eigenvalue weighted by molar-refractivity contribution is 5.87. The van der Waals surface area contributed by atoms with Gasteiger partial charge >= 0.3 is 0 Å². The van der Waals surface area contributed by atoms with Gasteiger partial charge in [0.25, 0.3) is 0 Å². The number of para-hydroxylation sites is 1. The van der Waals surface area contributed by atoms with Crippen LogP contribution in [0, 0.1) is 5.41 Å². The molecule has 4 bridgehead atoms. The summed E-state index contributed by atoms with van der Waals surface area (Å²) >= 11 is 0. The van der Waals surface area contributed by atoms with Gasteiger partial charge in [-0.05, 0) is 80.6 Å². The smallest absolute Gasteiger partial charge is 0.161 e. The van der Waals surface area contributed by atoms with Crippen LogP contribution in [0.1, 0.15) is 53.6 Å². The van der Waals surface area contributed by atoms with Crippen molar-refractivity contribution in [1.29, 1.82) is 0 Å². The van der Waals surface area contributed by atoms with Crippen LogP contribution in [-0.2, 0) is 18.3 Å². The number of H-pyrrole nitrogens is 1. The van der Waals surface area contributed by atoms with Crippen molar-refractivity contribution in [2.24, 2.45) is 5.41 Å². The van der Waals surface area contributed by atoms with Gasteiger partial charge in [-0.2, -0.15) is 0 Å². The number of benzene rings is 3. The first-order valence-electron chi connectivity index (χ1n) is 13.9. The number of rotatable bonds is 2. The molecule has 1 aliphatic heterocycles. The normalized spacial score (nSPS) is 30.5. The van der Waals surface area contributed by atoms with Gasteiger partial charge < -0.3 is 19.7 Å². The highest BCUT2D eigenvalue weighted by atomic mass is 16.5. The molecule has 8 rings (SSSR count). The number of methoxy groups -OCH3 is 1. The number of hydrogen-bond donors (Lipinski definition) is 2. The number of fused-ring (bicyclic) bond motifs is 5. The van der Waals surface area contributed by atoms with Crippen LogP contribution in [0.25, 0.3) is 16.5 Å². The summed E-state index contributed by atoms with van der Waals surface area (Å²) < 4.78 is 5.72. The minimum atomic E-state index is -0.185. The Morgan fingerprint density at radius 3 is 2.63 bits per heavy atom. The molecule has 4 aromatic rings. The first-order valence-corrected chi connectivity index (χ1v) is 13.9. The zero-order chi connectivity index (χ0) is 25.8. The maximum atomic E-state index is 11.9. The maximum absolute atomic E-state index is 11.9. The third kappa shape index (κ3) is 2.50. The summed E-state index contributed by atoms with van der Waals surface area (Å²) in [4.78, 5) is 6.56. The Labute approximate surface area is 224 Å². The van der Waals surface area contributed by atoms with Gasteiger partial charge in [0.05, 0.1) is 7.11 Å². The van der Waals surface area contributed by atoms with E-state index in [-0.39, 0.29) is 16.7 Å². The Hall–Kier alpha value is -3.50. The Morgan fingerprint density at radius 2 is 1.82 bits per heavy atom. The average molecular weight is 503 g/mol. The molecule has 4 nitrogen and oxygen atoms in total. The van der Waals surface area contributed by atoms with E-state index >= 15 is 0 Å². The second-order valence-electron chi connectivity index (χ2n) is 12.1. The molecule has 2 N–H and O–H groups in total. The van der Waals surface area contributed by atoms with Crippen LogP contribution < -0.4 is 4.74 Å². The first-order chi connectivity index (χ1) is 18.5. The van der Waals surface area contributed by atoms with E-state index in [2.05, 4.69) is 84.5 Å². The Kier molecular flexibility index (Phi) is 4.46. The fourth-order valence-corrected chi connectivity index (χ4v) is 9.40. The van der Waals surface area contributed by atoms with Gasteiger partial charge in [-0.15, -0.1) is 0 Å². The van der Waals surface area contributed by atoms with E-state index in [0.717, 1.165) is 37.8 Å². The summed E-state index contributed by atoms with van der Waals surface area (Å²) in [5.41, 5.74) is 10.6. The molecule has 38 heavy (non-hydrogen) atoms. The molecule has 1 saturated carbocycles. The fraction of sp³-hybridized carbons (Fsp3) is 0.353. The van der Waals surface area contributed by atoms with Crippen molar-refractivity contribution in [3.8, 4) is 11.5 Å². The Balaban J connectivity index is 1.52. The molecule has 0 amide bonds. The summed E-state index contributed by atoms with van der Waals surface area (Å²) in [6, 6.07) is 24.3. The third-order valence-electron chi connectivity index (χ3n) is 10.9. The summed E-state index contributed by atoms with van der Waals surface area (Å²) in [5.74, 6) is 1.14. The number of hydrogen-bond acceptors (Lipinski definition) is 3. The number of phenolic OH excluding ortho intramolecular Hbond substituents is 1. The molecule has 3 aromatic carbocycles. The number of allylic oxidation sites excluding steroid dienone is 2. The zero-order valence-electron chi connectivity index (χ0n) is 22.3. The SMILES string of the molecule is COc1ccc2c(c1O)[C@]13CCN(C)C(C2)[C@@]12C/C(=C(/C)c1ccccc1)[C@@H]3c1[nH]c3ccccc3c1C2. The highest BCUT2D eigenvalue weighted by Gasteiger charge is 2.73. The van der Waals surface area contributed by atoms with E-state index in [0.29, 0.717) is 17.5 Å². The number of aromatic nitrogens is 1. The molecule has 1 saturated heterocycles. The van der Waals surface area contributed by atoms with Crippen molar-refractivity contribution < 1.29 is 9.84 Å². The van der Waals surface area contributed by atoms with E-state index < -0.39 is 0 Å². The topological polar surface area (TPSA) is 48.5 Å². The lowest BCUT2D eigenvalue weighted by atomic mass is 9.44. The van der Waals surface area contributed by atoms with Crippen LogP contribution in [0.15, 0.2) is 72.3 Å². The fourth-order valence-electron chi connectivity index (χ4n) is 9.40. The van der Waals surface area contributed by atoms with Gasteiger partial charge in [-0.1, -0.05) is 60.2 Å². The zero-order valence-corrected chi connectivity index (χ0v) is 22.3. The molecule has 4 heteroatoms. The quantitative estimate of drug-likeness (QED) is 0.325. The van der Waals surface area contributed by atoms with E-state index in [1.165, 1.54) is 44.4 Å². The summed E-state index contributed by atoms with van der Waals surface area (Å²) in [5, 5.41) is 13.2. The van der Waals surface area contributed by atoms with E-state index in [4.69, 9.17) is 4.74 Å². The maximum Gasteiger partial charge on any atom is 0.161 e. The second kappa shape index (κ2) is 7.54. The van der Waals surface area contributed by atoms with Gasteiger partial charge in [0.2, 0.25) is 0 Å². The molecule has 0 radical (unpaired) electrons. The largest absolute Gasteiger partial charge is 0.504 e.